The number of aromatic nitrogens is 2. The predicted octanol–water partition coefficient (Wildman–Crippen LogP) is 1.78. The molecule has 2 aromatic carbocycles. The SMILES string of the molecule is C[C@H](OC(=O)c1ccccc1[S@](C)=O)C(=O)Nc1ccc2[nH]c(=O)[nH]c2c1. The fourth-order valence-electron chi connectivity index (χ4n) is 2.52. The minimum Gasteiger partial charge on any atom is -0.449 e. The van der Waals surface area contributed by atoms with E-state index >= 15 is 0 Å². The number of hydrogen-bond acceptors (Lipinski definition) is 5. The van der Waals surface area contributed by atoms with Crippen LogP contribution in [0.3, 0.4) is 0 Å². The zero-order valence-corrected chi connectivity index (χ0v) is 15.4. The number of hydrogen-bond donors (Lipinski definition) is 3. The normalized spacial score (nSPS) is 13.1. The summed E-state index contributed by atoms with van der Waals surface area (Å²) in [7, 11) is -1.36. The standard InChI is InChI=1S/C18H17N3O5S/c1-10(26-17(23)12-5-3-4-6-15(12)27(2)25)16(22)19-11-7-8-13-14(9-11)21-18(24)20-13/h3-10H,1-2H3,(H,19,22)(H2,20,21,24)/t10-,27-/m0/s1. The molecule has 0 bridgehead atoms. The van der Waals surface area contributed by atoms with Crippen molar-refractivity contribution in [3.05, 3.63) is 58.5 Å². The number of ether oxygens (including phenoxy) is 1. The summed E-state index contributed by atoms with van der Waals surface area (Å²) in [5, 5.41) is 2.63. The summed E-state index contributed by atoms with van der Waals surface area (Å²) < 4.78 is 16.9. The maximum absolute atomic E-state index is 12.3. The summed E-state index contributed by atoms with van der Waals surface area (Å²) in [4.78, 5) is 41.5. The molecule has 0 radical (unpaired) electrons. The molecule has 1 aromatic heterocycles. The molecule has 0 aliphatic carbocycles. The van der Waals surface area contributed by atoms with Gasteiger partial charge in [-0.25, -0.2) is 9.59 Å². The highest BCUT2D eigenvalue weighted by molar-refractivity contribution is 7.84. The average molecular weight is 387 g/mol. The lowest BCUT2D eigenvalue weighted by atomic mass is 10.2. The molecule has 3 aromatic rings. The van der Waals surface area contributed by atoms with E-state index in [0.29, 0.717) is 21.6 Å². The number of anilines is 1. The van der Waals surface area contributed by atoms with Crippen LogP contribution in [0.1, 0.15) is 17.3 Å². The third-order valence-electron chi connectivity index (χ3n) is 3.85. The number of imidazole rings is 1. The van der Waals surface area contributed by atoms with Gasteiger partial charge in [0, 0.05) is 11.9 Å². The van der Waals surface area contributed by atoms with E-state index in [4.69, 9.17) is 4.74 Å². The van der Waals surface area contributed by atoms with E-state index in [2.05, 4.69) is 15.3 Å². The van der Waals surface area contributed by atoms with Crippen LogP contribution >= 0.6 is 0 Å². The molecule has 27 heavy (non-hydrogen) atoms. The van der Waals surface area contributed by atoms with Gasteiger partial charge in [-0.3, -0.25) is 9.00 Å². The lowest BCUT2D eigenvalue weighted by molar-refractivity contribution is -0.123. The van der Waals surface area contributed by atoms with Crippen molar-refractivity contribution in [2.45, 2.75) is 17.9 Å². The number of nitrogens with one attached hydrogen (secondary N) is 3. The fourth-order valence-corrected chi connectivity index (χ4v) is 3.25. The lowest BCUT2D eigenvalue weighted by Crippen LogP contribution is -2.30. The van der Waals surface area contributed by atoms with Crippen LogP contribution in [0.25, 0.3) is 11.0 Å². The summed E-state index contributed by atoms with van der Waals surface area (Å²) in [5.41, 5.74) is 1.41. The third kappa shape index (κ3) is 4.14. The highest BCUT2D eigenvalue weighted by Crippen LogP contribution is 2.17. The van der Waals surface area contributed by atoms with Gasteiger partial charge < -0.3 is 20.0 Å². The number of H-pyrrole nitrogens is 2. The number of esters is 1. The first-order valence-electron chi connectivity index (χ1n) is 8.01. The predicted molar refractivity (Wildman–Crippen MR) is 101 cm³/mol. The van der Waals surface area contributed by atoms with Gasteiger partial charge in [-0.2, -0.15) is 0 Å². The number of carbonyl (C=O) groups is 2. The number of aromatic amines is 2. The first-order chi connectivity index (χ1) is 12.8. The Morgan fingerprint density at radius 1 is 1.11 bits per heavy atom. The van der Waals surface area contributed by atoms with Crippen molar-refractivity contribution < 1.29 is 18.5 Å². The molecule has 9 heteroatoms. The Morgan fingerprint density at radius 2 is 1.81 bits per heavy atom. The third-order valence-corrected chi connectivity index (χ3v) is 4.83. The summed E-state index contributed by atoms with van der Waals surface area (Å²) in [6, 6.07) is 11.2. The van der Waals surface area contributed by atoms with Crippen LogP contribution in [0.4, 0.5) is 5.69 Å². The lowest BCUT2D eigenvalue weighted by Gasteiger charge is -2.14. The summed E-state index contributed by atoms with van der Waals surface area (Å²) >= 11 is 0. The van der Waals surface area contributed by atoms with Gasteiger partial charge in [0.1, 0.15) is 0 Å². The van der Waals surface area contributed by atoms with E-state index in [1.807, 2.05) is 0 Å². The van der Waals surface area contributed by atoms with Gasteiger partial charge in [-0.15, -0.1) is 0 Å². The Hall–Kier alpha value is -3.20. The summed E-state index contributed by atoms with van der Waals surface area (Å²) in [5.74, 6) is -1.26. The summed E-state index contributed by atoms with van der Waals surface area (Å²) in [6.45, 7) is 1.44. The molecule has 8 nitrogen and oxygen atoms in total. The van der Waals surface area contributed by atoms with Gasteiger partial charge in [-0.05, 0) is 37.3 Å². The maximum Gasteiger partial charge on any atom is 0.340 e. The average Bonchev–Trinajstić information content (AvgIpc) is 3.00. The smallest absolute Gasteiger partial charge is 0.340 e. The second-order valence-electron chi connectivity index (χ2n) is 5.83. The molecule has 140 valence electrons. The topological polar surface area (TPSA) is 121 Å². The molecule has 0 spiro atoms. The highest BCUT2D eigenvalue weighted by atomic mass is 32.2. The molecule has 0 aliphatic rings. The first-order valence-corrected chi connectivity index (χ1v) is 9.57. The molecule has 3 rings (SSSR count). The number of benzene rings is 2. The van der Waals surface area contributed by atoms with Gasteiger partial charge in [-0.1, -0.05) is 12.1 Å². The Labute approximate surface area is 156 Å². The van der Waals surface area contributed by atoms with Gasteiger partial charge >= 0.3 is 11.7 Å². The molecule has 3 N–H and O–H groups in total. The molecule has 0 saturated carbocycles. The van der Waals surface area contributed by atoms with Crippen molar-refractivity contribution in [1.82, 2.24) is 9.97 Å². The van der Waals surface area contributed by atoms with E-state index in [1.54, 1.807) is 36.4 Å². The molecule has 0 unspecified atom stereocenters. The van der Waals surface area contributed by atoms with Crippen molar-refractivity contribution in [3.63, 3.8) is 0 Å². The molecule has 0 saturated heterocycles. The Bertz CT molecular complexity index is 1100. The zero-order chi connectivity index (χ0) is 19.6. The largest absolute Gasteiger partial charge is 0.449 e. The molecular formula is C18H17N3O5S. The second-order valence-corrected chi connectivity index (χ2v) is 7.17. The molecular weight excluding hydrogens is 370 g/mol. The molecule has 0 aliphatic heterocycles. The van der Waals surface area contributed by atoms with E-state index in [9.17, 15) is 18.6 Å². The van der Waals surface area contributed by atoms with Crippen LogP contribution in [0.15, 0.2) is 52.2 Å². The van der Waals surface area contributed by atoms with Crippen molar-refractivity contribution >= 4 is 39.4 Å². The van der Waals surface area contributed by atoms with E-state index in [-0.39, 0.29) is 11.3 Å². The summed E-state index contributed by atoms with van der Waals surface area (Å²) in [6.07, 6.45) is 0.390. The molecule has 1 heterocycles. The Balaban J connectivity index is 1.70. The molecule has 0 fully saturated rings. The quantitative estimate of drug-likeness (QED) is 0.576. The highest BCUT2D eigenvalue weighted by Gasteiger charge is 2.21. The van der Waals surface area contributed by atoms with Crippen LogP contribution in [-0.4, -0.2) is 38.4 Å². The zero-order valence-electron chi connectivity index (χ0n) is 14.6. The van der Waals surface area contributed by atoms with E-state index in [0.717, 1.165) is 0 Å². The van der Waals surface area contributed by atoms with E-state index < -0.39 is 28.8 Å². The number of rotatable bonds is 5. The number of carbonyl (C=O) groups excluding carboxylic acids is 2. The van der Waals surface area contributed by atoms with Crippen LogP contribution in [-0.2, 0) is 20.3 Å². The molecule has 2 atom stereocenters. The first kappa shape index (κ1) is 18.6. The minimum atomic E-state index is -1.36. The fraction of sp³-hybridized carbons (Fsp3) is 0.167. The van der Waals surface area contributed by atoms with Gasteiger partial charge in [0.05, 0.1) is 32.3 Å². The van der Waals surface area contributed by atoms with Gasteiger partial charge in [0.15, 0.2) is 6.10 Å². The van der Waals surface area contributed by atoms with Crippen molar-refractivity contribution in [2.24, 2.45) is 0 Å². The second kappa shape index (κ2) is 7.58. The maximum atomic E-state index is 12.3. The van der Waals surface area contributed by atoms with Crippen LogP contribution in [0.5, 0.6) is 0 Å². The van der Waals surface area contributed by atoms with Crippen molar-refractivity contribution in [1.29, 1.82) is 0 Å². The van der Waals surface area contributed by atoms with Crippen molar-refractivity contribution in [3.8, 4) is 0 Å². The Morgan fingerprint density at radius 3 is 2.56 bits per heavy atom. The monoisotopic (exact) mass is 387 g/mol. The Kier molecular flexibility index (Phi) is 5.22. The van der Waals surface area contributed by atoms with Gasteiger partial charge in [0.2, 0.25) is 0 Å². The minimum absolute atomic E-state index is 0.157. The van der Waals surface area contributed by atoms with Crippen LogP contribution < -0.4 is 11.0 Å². The van der Waals surface area contributed by atoms with Gasteiger partial charge in [0.25, 0.3) is 5.91 Å². The van der Waals surface area contributed by atoms with Crippen LogP contribution in [0, 0.1) is 0 Å². The molecule has 1 amide bonds. The van der Waals surface area contributed by atoms with Crippen molar-refractivity contribution in [2.75, 3.05) is 11.6 Å². The van der Waals surface area contributed by atoms with E-state index in [1.165, 1.54) is 19.2 Å². The number of amides is 1. The number of fused-ring (bicyclic) bond motifs is 1. The van der Waals surface area contributed by atoms with Crippen LogP contribution in [0.2, 0.25) is 0 Å².